The summed E-state index contributed by atoms with van der Waals surface area (Å²) in [5.41, 5.74) is 2.98. The monoisotopic (exact) mass is 415 g/mol. The van der Waals surface area contributed by atoms with Gasteiger partial charge in [0.25, 0.3) is 5.91 Å². The third-order valence-electron chi connectivity index (χ3n) is 6.06. The first kappa shape index (κ1) is 20.9. The molecule has 1 saturated heterocycles. The van der Waals surface area contributed by atoms with E-state index < -0.39 is 6.10 Å². The molecule has 1 atom stereocenters. The standard InChI is InChI=1S/C23H30N2O5/c1-15-13-19(21-17-5-3-6-18(17)23(27)30-20(21)14-15)29-16(2)22(26)24-7-4-8-25-9-11-28-12-10-25/h13-14,16H,3-12H2,1-2H3,(H,24,26)/p+1/t16-/m1/s1. The van der Waals surface area contributed by atoms with Crippen LogP contribution in [-0.4, -0.2) is 51.4 Å². The minimum Gasteiger partial charge on any atom is -0.480 e. The summed E-state index contributed by atoms with van der Waals surface area (Å²) < 4.78 is 17.0. The molecule has 7 heteroatoms. The number of nitrogens with one attached hydrogen (secondary N) is 2. The summed E-state index contributed by atoms with van der Waals surface area (Å²) in [7, 11) is 0. The van der Waals surface area contributed by atoms with Gasteiger partial charge in [-0.2, -0.15) is 0 Å². The lowest BCUT2D eigenvalue weighted by Gasteiger charge is -2.23. The molecule has 2 aromatic rings. The van der Waals surface area contributed by atoms with Crippen molar-refractivity contribution in [3.63, 3.8) is 0 Å². The molecule has 4 rings (SSSR count). The van der Waals surface area contributed by atoms with Crippen molar-refractivity contribution in [2.24, 2.45) is 0 Å². The van der Waals surface area contributed by atoms with Crippen molar-refractivity contribution in [2.75, 3.05) is 39.4 Å². The molecule has 162 valence electrons. The average molecular weight is 416 g/mol. The lowest BCUT2D eigenvalue weighted by molar-refractivity contribution is -0.908. The number of quaternary nitrogens is 1. The van der Waals surface area contributed by atoms with Crippen LogP contribution in [0, 0.1) is 6.92 Å². The Morgan fingerprint density at radius 1 is 1.23 bits per heavy atom. The van der Waals surface area contributed by atoms with Gasteiger partial charge in [0.2, 0.25) is 0 Å². The van der Waals surface area contributed by atoms with Crippen molar-refractivity contribution in [1.82, 2.24) is 5.32 Å². The summed E-state index contributed by atoms with van der Waals surface area (Å²) in [6, 6.07) is 3.79. The third kappa shape index (κ3) is 4.52. The van der Waals surface area contributed by atoms with Gasteiger partial charge in [-0.05, 0) is 56.4 Å². The van der Waals surface area contributed by atoms with E-state index in [9.17, 15) is 9.59 Å². The number of benzene rings is 1. The van der Waals surface area contributed by atoms with Crippen LogP contribution in [0.1, 0.15) is 36.5 Å². The Morgan fingerprint density at radius 2 is 2.00 bits per heavy atom. The first-order valence-electron chi connectivity index (χ1n) is 11.0. The van der Waals surface area contributed by atoms with E-state index in [1.165, 1.54) is 4.90 Å². The van der Waals surface area contributed by atoms with Gasteiger partial charge >= 0.3 is 5.63 Å². The first-order chi connectivity index (χ1) is 14.5. The van der Waals surface area contributed by atoms with Crippen molar-refractivity contribution in [2.45, 2.75) is 45.6 Å². The molecule has 2 N–H and O–H groups in total. The fourth-order valence-corrected chi connectivity index (χ4v) is 4.45. The van der Waals surface area contributed by atoms with Gasteiger partial charge in [0.05, 0.1) is 25.1 Å². The summed E-state index contributed by atoms with van der Waals surface area (Å²) >= 11 is 0. The average Bonchev–Trinajstić information content (AvgIpc) is 3.22. The number of morpholine rings is 1. The smallest absolute Gasteiger partial charge is 0.339 e. The molecular weight excluding hydrogens is 384 g/mol. The molecule has 1 aromatic carbocycles. The predicted molar refractivity (Wildman–Crippen MR) is 113 cm³/mol. The van der Waals surface area contributed by atoms with E-state index in [4.69, 9.17) is 13.9 Å². The Labute approximate surface area is 176 Å². The number of fused-ring (bicyclic) bond motifs is 3. The topological polar surface area (TPSA) is 82.2 Å². The highest BCUT2D eigenvalue weighted by molar-refractivity contribution is 5.89. The number of carbonyl (C=O) groups is 1. The Kier molecular flexibility index (Phi) is 6.39. The van der Waals surface area contributed by atoms with Crippen molar-refractivity contribution in [1.29, 1.82) is 0 Å². The van der Waals surface area contributed by atoms with Gasteiger partial charge in [-0.15, -0.1) is 0 Å². The second-order valence-electron chi connectivity index (χ2n) is 8.35. The maximum atomic E-state index is 12.6. The van der Waals surface area contributed by atoms with Gasteiger partial charge in [-0.3, -0.25) is 4.79 Å². The van der Waals surface area contributed by atoms with Crippen molar-refractivity contribution in [3.05, 3.63) is 39.2 Å². The first-order valence-corrected chi connectivity index (χ1v) is 11.0. The van der Waals surface area contributed by atoms with Gasteiger partial charge in [0.1, 0.15) is 24.4 Å². The lowest BCUT2D eigenvalue weighted by atomic mass is 10.0. The number of aryl methyl sites for hydroxylation is 2. The van der Waals surface area contributed by atoms with E-state index in [-0.39, 0.29) is 11.5 Å². The molecule has 0 spiro atoms. The number of carbonyl (C=O) groups excluding carboxylic acids is 1. The molecule has 7 nitrogen and oxygen atoms in total. The van der Waals surface area contributed by atoms with E-state index in [0.29, 0.717) is 17.9 Å². The van der Waals surface area contributed by atoms with Gasteiger partial charge in [0.15, 0.2) is 6.10 Å². The summed E-state index contributed by atoms with van der Waals surface area (Å²) in [4.78, 5) is 26.4. The molecule has 1 aliphatic heterocycles. The molecule has 1 aromatic heterocycles. The quantitative estimate of drug-likeness (QED) is 0.516. The molecule has 0 unspecified atom stereocenters. The zero-order valence-electron chi connectivity index (χ0n) is 17.8. The minimum absolute atomic E-state index is 0.129. The number of ether oxygens (including phenoxy) is 2. The van der Waals surface area contributed by atoms with E-state index in [1.54, 1.807) is 6.92 Å². The lowest BCUT2D eigenvalue weighted by Crippen LogP contribution is -3.14. The molecule has 2 heterocycles. The van der Waals surface area contributed by atoms with Crippen LogP contribution in [0.2, 0.25) is 0 Å². The third-order valence-corrected chi connectivity index (χ3v) is 6.06. The van der Waals surface area contributed by atoms with Crippen molar-refractivity contribution < 1.29 is 23.6 Å². The van der Waals surface area contributed by atoms with Crippen LogP contribution in [0.15, 0.2) is 21.3 Å². The number of hydrogen-bond acceptors (Lipinski definition) is 5. The highest BCUT2D eigenvalue weighted by Gasteiger charge is 2.24. The maximum Gasteiger partial charge on any atom is 0.339 e. The van der Waals surface area contributed by atoms with Gasteiger partial charge in [-0.1, -0.05) is 0 Å². The summed E-state index contributed by atoms with van der Waals surface area (Å²) in [5, 5.41) is 3.82. The summed E-state index contributed by atoms with van der Waals surface area (Å²) in [5.74, 6) is 0.489. The van der Waals surface area contributed by atoms with Crippen LogP contribution in [0.4, 0.5) is 0 Å². The van der Waals surface area contributed by atoms with Crippen molar-refractivity contribution >= 4 is 16.9 Å². The van der Waals surface area contributed by atoms with Crippen LogP contribution >= 0.6 is 0 Å². The predicted octanol–water partition coefficient (Wildman–Crippen LogP) is 0.779. The van der Waals surface area contributed by atoms with Crippen LogP contribution in [0.25, 0.3) is 11.0 Å². The number of hydrogen-bond donors (Lipinski definition) is 2. The number of amides is 1. The SMILES string of the molecule is Cc1cc(O[C@H](C)C(=O)NCCC[NH+]2CCOCC2)c2c3c(c(=O)oc2c1)CCC3. The van der Waals surface area contributed by atoms with Crippen LogP contribution in [-0.2, 0) is 22.4 Å². The molecule has 0 bridgehead atoms. The fourth-order valence-electron chi connectivity index (χ4n) is 4.45. The molecule has 0 saturated carbocycles. The van der Waals surface area contributed by atoms with E-state index >= 15 is 0 Å². The highest BCUT2D eigenvalue weighted by Crippen LogP contribution is 2.35. The molecular formula is C23H31N2O5+. The van der Waals surface area contributed by atoms with Gasteiger partial charge in [0, 0.05) is 18.5 Å². The molecule has 1 fully saturated rings. The second kappa shape index (κ2) is 9.18. The zero-order valence-corrected chi connectivity index (χ0v) is 17.8. The Morgan fingerprint density at radius 3 is 2.80 bits per heavy atom. The molecule has 1 amide bonds. The zero-order chi connectivity index (χ0) is 21.1. The molecule has 30 heavy (non-hydrogen) atoms. The van der Waals surface area contributed by atoms with E-state index in [2.05, 4.69) is 5.32 Å². The largest absolute Gasteiger partial charge is 0.480 e. The Hall–Kier alpha value is -2.38. The highest BCUT2D eigenvalue weighted by atomic mass is 16.5. The molecule has 2 aliphatic rings. The minimum atomic E-state index is -0.630. The van der Waals surface area contributed by atoms with Crippen LogP contribution < -0.4 is 20.6 Å². The maximum absolute atomic E-state index is 12.6. The van der Waals surface area contributed by atoms with E-state index in [1.807, 2.05) is 19.1 Å². The molecule has 1 aliphatic carbocycles. The second-order valence-corrected chi connectivity index (χ2v) is 8.35. The van der Waals surface area contributed by atoms with E-state index in [0.717, 1.165) is 80.6 Å². The van der Waals surface area contributed by atoms with Crippen LogP contribution in [0.5, 0.6) is 5.75 Å². The normalized spacial score (nSPS) is 17.7. The van der Waals surface area contributed by atoms with Gasteiger partial charge in [-0.25, -0.2) is 4.79 Å². The van der Waals surface area contributed by atoms with Gasteiger partial charge < -0.3 is 24.1 Å². The number of rotatable bonds is 7. The Bertz CT molecular complexity index is 978. The fraction of sp³-hybridized carbons (Fsp3) is 0.565. The Balaban J connectivity index is 1.41. The van der Waals surface area contributed by atoms with Crippen molar-refractivity contribution in [3.8, 4) is 5.75 Å². The summed E-state index contributed by atoms with van der Waals surface area (Å²) in [6.07, 6.45) is 2.81. The molecule has 0 radical (unpaired) electrons. The summed E-state index contributed by atoms with van der Waals surface area (Å²) in [6.45, 7) is 9.07. The van der Waals surface area contributed by atoms with Crippen LogP contribution in [0.3, 0.4) is 0 Å².